The second-order valence-corrected chi connectivity index (χ2v) is 15.2. The van der Waals surface area contributed by atoms with E-state index in [2.05, 4.69) is 4.98 Å². The third-order valence-electron chi connectivity index (χ3n) is 7.42. The Kier molecular flexibility index (Phi) is 7.35. The molecule has 0 bridgehead atoms. The number of sulfone groups is 1. The topological polar surface area (TPSA) is 114 Å². The fourth-order valence-electron chi connectivity index (χ4n) is 5.28. The molecule has 1 unspecified atom stereocenters. The third-order valence-corrected chi connectivity index (χ3v) is 11.4. The minimum Gasteiger partial charge on any atom is -0.376 e. The van der Waals surface area contributed by atoms with E-state index < -0.39 is 19.9 Å². The molecule has 12 heteroatoms. The summed E-state index contributed by atoms with van der Waals surface area (Å²) in [7, 11) is -7.21. The number of para-hydroxylation sites is 1. The van der Waals surface area contributed by atoms with Crippen LogP contribution in [0.15, 0.2) is 76.5 Å². The Bertz CT molecular complexity index is 1830. The van der Waals surface area contributed by atoms with Gasteiger partial charge in [-0.15, -0.1) is 0 Å². The lowest BCUT2D eigenvalue weighted by atomic mass is 10.0. The van der Waals surface area contributed by atoms with Gasteiger partial charge in [0.15, 0.2) is 15.0 Å². The van der Waals surface area contributed by atoms with Crippen molar-refractivity contribution in [2.45, 2.75) is 41.6 Å². The number of anilines is 2. The summed E-state index contributed by atoms with van der Waals surface area (Å²) in [5.74, 6) is -0.338. The van der Waals surface area contributed by atoms with E-state index >= 15 is 0 Å². The van der Waals surface area contributed by atoms with Crippen molar-refractivity contribution in [2.24, 2.45) is 0 Å². The molecule has 1 fully saturated rings. The molecule has 1 amide bonds. The van der Waals surface area contributed by atoms with Crippen molar-refractivity contribution in [1.82, 2.24) is 4.98 Å². The summed E-state index contributed by atoms with van der Waals surface area (Å²) in [6.45, 7) is 1.30. The van der Waals surface area contributed by atoms with Crippen LogP contribution in [0, 0.1) is 0 Å². The van der Waals surface area contributed by atoms with E-state index in [1.165, 1.54) is 46.0 Å². The molecule has 6 rings (SSSR count). The van der Waals surface area contributed by atoms with E-state index in [0.29, 0.717) is 39.8 Å². The van der Waals surface area contributed by atoms with Gasteiger partial charge in [0, 0.05) is 25.0 Å². The fourth-order valence-corrected chi connectivity index (χ4v) is 8.56. The second-order valence-electron chi connectivity index (χ2n) is 10.3. The molecule has 3 heterocycles. The van der Waals surface area contributed by atoms with Crippen LogP contribution in [-0.2, 0) is 31.0 Å². The van der Waals surface area contributed by atoms with Gasteiger partial charge in [0.1, 0.15) is 0 Å². The first kappa shape index (κ1) is 27.8. The number of rotatable bonds is 7. The fraction of sp³-hybridized carbons (Fsp3) is 0.310. The monoisotopic (exact) mass is 611 g/mol. The average molecular weight is 612 g/mol. The summed E-state index contributed by atoms with van der Waals surface area (Å²) in [6, 6.07) is 18.2. The Labute approximate surface area is 243 Å². The van der Waals surface area contributed by atoms with Crippen LogP contribution in [0.5, 0.6) is 0 Å². The number of ether oxygens (including phenoxy) is 1. The van der Waals surface area contributed by atoms with Crippen LogP contribution >= 0.6 is 11.3 Å². The zero-order valence-corrected chi connectivity index (χ0v) is 24.8. The second kappa shape index (κ2) is 10.8. The smallest absolute Gasteiger partial charge is 0.264 e. The molecular formula is C29H29N3O6S3. The number of hydrogen-bond donors (Lipinski definition) is 0. The average Bonchev–Trinajstić information content (AvgIpc) is 3.64. The van der Waals surface area contributed by atoms with Crippen LogP contribution in [0.4, 0.5) is 10.8 Å². The van der Waals surface area contributed by atoms with Crippen molar-refractivity contribution < 1.29 is 26.4 Å². The predicted molar refractivity (Wildman–Crippen MR) is 159 cm³/mol. The number of amides is 1. The normalized spacial score (nSPS) is 17.5. The molecule has 1 saturated heterocycles. The van der Waals surface area contributed by atoms with Gasteiger partial charge in [-0.1, -0.05) is 29.5 Å². The first-order valence-electron chi connectivity index (χ1n) is 13.4. The quantitative estimate of drug-likeness (QED) is 0.299. The maximum atomic E-state index is 13.8. The van der Waals surface area contributed by atoms with Gasteiger partial charge >= 0.3 is 0 Å². The number of sulfonamides is 1. The minimum absolute atomic E-state index is 0.115. The van der Waals surface area contributed by atoms with E-state index in [0.717, 1.165) is 37.5 Å². The van der Waals surface area contributed by atoms with Gasteiger partial charge in [-0.2, -0.15) is 0 Å². The van der Waals surface area contributed by atoms with Crippen molar-refractivity contribution in [2.75, 3.05) is 35.2 Å². The predicted octanol–water partition coefficient (Wildman–Crippen LogP) is 4.67. The van der Waals surface area contributed by atoms with Crippen LogP contribution in [0.2, 0.25) is 0 Å². The highest BCUT2D eigenvalue weighted by Crippen LogP contribution is 2.34. The molecule has 3 aromatic carbocycles. The third kappa shape index (κ3) is 5.49. The van der Waals surface area contributed by atoms with Crippen molar-refractivity contribution in [1.29, 1.82) is 0 Å². The highest BCUT2D eigenvalue weighted by molar-refractivity contribution is 7.92. The standard InChI is InChI=1S/C29H29N3O6S3/c1-40(34,35)24-14-15-25-27(18-24)39-29(30-25)31(19-22-8-5-17-38-22)28(33)21-10-12-23(13-11-21)41(36,37)32-16-4-7-20-6-2-3-9-26(20)32/h2-3,6,9-15,18,22H,4-5,7-8,16-17,19H2,1H3. The lowest BCUT2D eigenvalue weighted by Gasteiger charge is -2.30. The van der Waals surface area contributed by atoms with Gasteiger partial charge in [-0.05, 0) is 79.8 Å². The summed E-state index contributed by atoms with van der Waals surface area (Å²) in [5.41, 5.74) is 2.60. The number of aromatic nitrogens is 1. The largest absolute Gasteiger partial charge is 0.376 e. The maximum absolute atomic E-state index is 13.8. The Balaban J connectivity index is 1.31. The van der Waals surface area contributed by atoms with Gasteiger partial charge in [-0.25, -0.2) is 21.8 Å². The molecule has 2 aliphatic heterocycles. The van der Waals surface area contributed by atoms with Crippen molar-refractivity contribution >= 4 is 58.1 Å². The molecule has 9 nitrogen and oxygen atoms in total. The first-order chi connectivity index (χ1) is 19.6. The molecule has 4 aromatic rings. The number of thiazole rings is 1. The molecule has 0 radical (unpaired) electrons. The summed E-state index contributed by atoms with van der Waals surface area (Å²) >= 11 is 1.23. The Morgan fingerprint density at radius 2 is 1.78 bits per heavy atom. The molecule has 1 aromatic heterocycles. The van der Waals surface area contributed by atoms with E-state index in [9.17, 15) is 21.6 Å². The van der Waals surface area contributed by atoms with E-state index in [1.807, 2.05) is 24.3 Å². The van der Waals surface area contributed by atoms with Gasteiger partial charge < -0.3 is 4.74 Å². The molecule has 41 heavy (non-hydrogen) atoms. The SMILES string of the molecule is CS(=O)(=O)c1ccc2nc(N(CC3CCCO3)C(=O)c3ccc(S(=O)(=O)N4CCCc5ccccc54)cc3)sc2c1. The van der Waals surface area contributed by atoms with Crippen molar-refractivity contribution in [3.8, 4) is 0 Å². The number of aryl methyl sites for hydroxylation is 1. The van der Waals surface area contributed by atoms with E-state index in [4.69, 9.17) is 4.74 Å². The van der Waals surface area contributed by atoms with Crippen LogP contribution in [0.3, 0.4) is 0 Å². The van der Waals surface area contributed by atoms with Crippen LogP contribution in [0.25, 0.3) is 10.2 Å². The lowest BCUT2D eigenvalue weighted by Crippen LogP contribution is -2.37. The Morgan fingerprint density at radius 3 is 2.51 bits per heavy atom. The van der Waals surface area contributed by atoms with Crippen LogP contribution < -0.4 is 9.21 Å². The van der Waals surface area contributed by atoms with Crippen molar-refractivity contribution in [3.05, 3.63) is 77.9 Å². The Hall–Kier alpha value is -3.32. The van der Waals surface area contributed by atoms with Crippen molar-refractivity contribution in [3.63, 3.8) is 0 Å². The molecule has 0 aliphatic carbocycles. The zero-order chi connectivity index (χ0) is 28.8. The number of carbonyl (C=O) groups excluding carboxylic acids is 1. The summed E-state index contributed by atoms with van der Waals surface area (Å²) in [5, 5.41) is 0.424. The molecular weight excluding hydrogens is 583 g/mol. The maximum Gasteiger partial charge on any atom is 0.264 e. The van der Waals surface area contributed by atoms with E-state index in [1.54, 1.807) is 17.0 Å². The number of nitrogens with zero attached hydrogens (tertiary/aromatic N) is 3. The highest BCUT2D eigenvalue weighted by atomic mass is 32.2. The molecule has 0 saturated carbocycles. The molecule has 214 valence electrons. The van der Waals surface area contributed by atoms with Gasteiger partial charge in [0.05, 0.1) is 38.3 Å². The first-order valence-corrected chi connectivity index (χ1v) is 17.5. The van der Waals surface area contributed by atoms with Crippen LogP contribution in [0.1, 0.15) is 35.2 Å². The Morgan fingerprint density at radius 1 is 1.02 bits per heavy atom. The zero-order valence-electron chi connectivity index (χ0n) is 22.4. The molecule has 2 aliphatic rings. The van der Waals surface area contributed by atoms with Gasteiger partial charge in [-0.3, -0.25) is 14.0 Å². The van der Waals surface area contributed by atoms with Gasteiger partial charge in [0.25, 0.3) is 15.9 Å². The van der Waals surface area contributed by atoms with E-state index in [-0.39, 0.29) is 28.3 Å². The molecule has 0 spiro atoms. The molecule has 0 N–H and O–H groups in total. The number of carbonyl (C=O) groups is 1. The van der Waals surface area contributed by atoms with Gasteiger partial charge in [0.2, 0.25) is 0 Å². The lowest BCUT2D eigenvalue weighted by molar-refractivity contribution is 0.0917. The number of benzene rings is 3. The van der Waals surface area contributed by atoms with Crippen LogP contribution in [-0.4, -0.2) is 59.8 Å². The highest BCUT2D eigenvalue weighted by Gasteiger charge is 2.31. The molecule has 1 atom stereocenters. The minimum atomic E-state index is -3.81. The summed E-state index contributed by atoms with van der Waals surface area (Å²) in [4.78, 5) is 20.3. The summed E-state index contributed by atoms with van der Waals surface area (Å²) < 4.78 is 59.2. The number of hydrogen-bond acceptors (Lipinski definition) is 8. The summed E-state index contributed by atoms with van der Waals surface area (Å²) in [6.07, 6.45) is 4.27. The number of fused-ring (bicyclic) bond motifs is 2.